The predicted octanol–water partition coefficient (Wildman–Crippen LogP) is 9.65. The Labute approximate surface area is 431 Å². The maximum absolute atomic E-state index is 12.9. The van der Waals surface area contributed by atoms with E-state index in [0.29, 0.717) is 19.3 Å². The number of hydrogen-bond donors (Lipinski definition) is 5. The molecule has 0 saturated carbocycles. The van der Waals surface area contributed by atoms with E-state index in [-0.39, 0.29) is 30.9 Å². The van der Waals surface area contributed by atoms with Gasteiger partial charge in [-0.05, 0) is 96.0 Å². The number of ether oxygens (including phenoxy) is 4. The minimum atomic E-state index is -5.45. The Hall–Kier alpha value is -4.10. The van der Waals surface area contributed by atoms with Gasteiger partial charge >= 0.3 is 33.3 Å². The number of aliphatic hydroxyl groups is 2. The fourth-order valence-electron chi connectivity index (χ4n) is 7.28. The Morgan fingerprint density at radius 3 is 1.88 bits per heavy atom. The largest absolute Gasteiger partial charge is 0.481 e. The van der Waals surface area contributed by atoms with Crippen molar-refractivity contribution in [1.82, 2.24) is 9.55 Å². The number of carbonyl (C=O) groups is 2. The van der Waals surface area contributed by atoms with Crippen molar-refractivity contribution in [1.29, 1.82) is 0 Å². The Kier molecular flexibility index (Phi) is 31.8. The van der Waals surface area contributed by atoms with Crippen molar-refractivity contribution in [2.24, 2.45) is 0 Å². The number of epoxide rings is 1. The smallest absolute Gasteiger partial charge is 0.462 e. The van der Waals surface area contributed by atoms with Crippen LogP contribution in [0, 0.1) is 0 Å². The number of allylic oxidation sites excluding steroid dienone is 12. The number of nitrogens with two attached hydrogens (primary N) is 1. The number of carbonyl (C=O) groups excluding carboxylic acids is 2. The molecule has 1 aromatic rings. The van der Waals surface area contributed by atoms with Crippen LogP contribution < -0.4 is 11.4 Å². The van der Waals surface area contributed by atoms with Crippen LogP contribution in [0.15, 0.2) is 102 Å². The average Bonchev–Trinajstić information content (AvgIpc) is 4.04. The molecule has 2 aliphatic rings. The maximum Gasteiger partial charge on any atom is 0.481 e. The van der Waals surface area contributed by atoms with Crippen LogP contribution in [0.1, 0.15) is 148 Å². The summed E-state index contributed by atoms with van der Waals surface area (Å²) >= 11 is 0. The normalized spacial score (nSPS) is 22.4. The number of nitrogen functional groups attached to an aromatic ring is 1. The van der Waals surface area contributed by atoms with Crippen LogP contribution in [0.4, 0.5) is 5.82 Å². The number of aromatic nitrogens is 2. The summed E-state index contributed by atoms with van der Waals surface area (Å²) in [5.41, 5.74) is 4.58. The lowest BCUT2D eigenvalue weighted by molar-refractivity contribution is -0.161. The number of phosphoric acid groups is 2. The van der Waals surface area contributed by atoms with E-state index in [1.54, 1.807) is 0 Å². The van der Waals surface area contributed by atoms with Crippen molar-refractivity contribution in [3.05, 3.63) is 108 Å². The number of unbranched alkanes of at least 4 members (excludes halogenated alkanes) is 8. The van der Waals surface area contributed by atoms with Gasteiger partial charge in [0.15, 0.2) is 12.3 Å². The molecule has 2 saturated heterocycles. The summed E-state index contributed by atoms with van der Waals surface area (Å²) in [6, 6.07) is 1.24. The molecule has 0 bridgehead atoms. The van der Waals surface area contributed by atoms with Gasteiger partial charge in [-0.15, -0.1) is 0 Å². The van der Waals surface area contributed by atoms with Crippen LogP contribution in [0.25, 0.3) is 0 Å². The molecule has 3 rings (SSSR count). The monoisotopic (exact) mass is 1070 g/mol. The first-order chi connectivity index (χ1) is 35.1. The minimum Gasteiger partial charge on any atom is -0.462 e. The lowest BCUT2D eigenvalue weighted by atomic mass is 10.1. The van der Waals surface area contributed by atoms with Gasteiger partial charge in [0.1, 0.15) is 30.7 Å². The SMILES string of the molecule is CC/C=C\C/C=C\C/C=C\C/C=C\CCCCCCC(=O)OC[C@H](COP(=O)(O)OP(=O)(O)OC[C@H]1O[C@@H](n2ccc(N)nc2=O)[C@H](O)[C@@H]1O)OC(=O)CCC/C=C\CC1OC1C/C=C\C/C=C\CCCCC. The summed E-state index contributed by atoms with van der Waals surface area (Å²) in [6.07, 6.45) is 39.7. The summed E-state index contributed by atoms with van der Waals surface area (Å²) in [4.78, 5) is 62.0. The summed E-state index contributed by atoms with van der Waals surface area (Å²) in [5, 5.41) is 20.9. The van der Waals surface area contributed by atoms with E-state index in [1.165, 1.54) is 25.3 Å². The molecule has 3 heterocycles. The second-order valence-electron chi connectivity index (χ2n) is 17.7. The number of phosphoric ester groups is 2. The first-order valence-corrected chi connectivity index (χ1v) is 28.7. The van der Waals surface area contributed by atoms with Crippen LogP contribution in [0.2, 0.25) is 0 Å². The molecule has 4 unspecified atom stereocenters. The second-order valence-corrected chi connectivity index (χ2v) is 20.7. The fraction of sp³-hybridized carbons (Fsp3) is 0.615. The molecule has 9 atom stereocenters. The molecule has 410 valence electrons. The highest BCUT2D eigenvalue weighted by Gasteiger charge is 2.46. The number of esters is 2. The molecule has 1 aromatic heterocycles. The van der Waals surface area contributed by atoms with E-state index < -0.39 is 83.7 Å². The third-order valence-electron chi connectivity index (χ3n) is 11.4. The lowest BCUT2D eigenvalue weighted by Crippen LogP contribution is -2.36. The molecule has 0 aliphatic carbocycles. The summed E-state index contributed by atoms with van der Waals surface area (Å²) in [7, 11) is -10.9. The Bertz CT molecular complexity index is 2120. The van der Waals surface area contributed by atoms with Crippen LogP contribution >= 0.6 is 15.6 Å². The summed E-state index contributed by atoms with van der Waals surface area (Å²) in [5.74, 6) is -1.41. The third-order valence-corrected chi connectivity index (χ3v) is 14.0. The molecule has 2 aliphatic heterocycles. The van der Waals surface area contributed by atoms with E-state index in [1.807, 2.05) is 12.2 Å². The maximum atomic E-state index is 12.9. The van der Waals surface area contributed by atoms with E-state index in [9.17, 15) is 43.5 Å². The van der Waals surface area contributed by atoms with Crippen molar-refractivity contribution in [3.8, 4) is 0 Å². The molecular weight excluding hydrogens is 985 g/mol. The van der Waals surface area contributed by atoms with Crippen molar-refractivity contribution in [2.45, 2.75) is 185 Å². The van der Waals surface area contributed by atoms with Crippen molar-refractivity contribution < 1.29 is 71.0 Å². The molecule has 0 aromatic carbocycles. The van der Waals surface area contributed by atoms with Crippen molar-refractivity contribution in [2.75, 3.05) is 25.6 Å². The fourth-order valence-corrected chi connectivity index (χ4v) is 9.39. The van der Waals surface area contributed by atoms with Crippen LogP contribution in [0.5, 0.6) is 0 Å². The third kappa shape index (κ3) is 29.0. The average molecular weight is 1070 g/mol. The van der Waals surface area contributed by atoms with Gasteiger partial charge < -0.3 is 44.7 Å². The van der Waals surface area contributed by atoms with E-state index in [2.05, 4.69) is 96.1 Å². The molecule has 19 nitrogen and oxygen atoms in total. The number of aliphatic hydroxyl groups excluding tert-OH is 2. The quantitative estimate of drug-likeness (QED) is 0.0134. The molecule has 73 heavy (non-hydrogen) atoms. The number of nitrogens with zero attached hydrogens (tertiary/aromatic N) is 2. The summed E-state index contributed by atoms with van der Waals surface area (Å²) < 4.78 is 62.5. The zero-order valence-corrected chi connectivity index (χ0v) is 44.4. The lowest BCUT2D eigenvalue weighted by Gasteiger charge is -2.21. The highest BCUT2D eigenvalue weighted by atomic mass is 31.3. The minimum absolute atomic E-state index is 0.0445. The first kappa shape index (κ1) is 63.2. The first-order valence-electron chi connectivity index (χ1n) is 25.7. The zero-order valence-electron chi connectivity index (χ0n) is 42.6. The standard InChI is InChI=1S/C52H81N3O16P2/c1-3-5-7-9-11-13-14-15-16-17-18-19-20-22-24-26-31-35-47(56)65-39-42(68-48(57)36-32-28-27-30-34-44-43(69-44)33-29-25-23-21-12-10-8-6-4-2)40-66-72(61,62)71-73(63,64)67-41-45-49(58)50(59)51(70-45)55-38-37-46(53)54-52(55)60/h5,7,11-13,15-16,18-19,21,25,27,29-30,37-38,42-45,49-51,58-59H,3-4,6,8-10,14,17,20,22-24,26,28,31-36,39-41H2,1-2H3,(H,61,62)(H,63,64)(H2,53,54,60)/b7-5-,13-11-,16-15-,19-18-,21-12-,29-25-,30-27-/t42-,43?,44?,45-,49-,50-,51-/m1/s1. The predicted molar refractivity (Wildman–Crippen MR) is 279 cm³/mol. The van der Waals surface area contributed by atoms with Gasteiger partial charge in [-0.1, -0.05) is 125 Å². The van der Waals surface area contributed by atoms with Gasteiger partial charge in [-0.3, -0.25) is 23.2 Å². The van der Waals surface area contributed by atoms with Crippen LogP contribution in [0.3, 0.4) is 0 Å². The molecule has 0 amide bonds. The highest BCUT2D eigenvalue weighted by Crippen LogP contribution is 2.60. The molecule has 21 heteroatoms. The van der Waals surface area contributed by atoms with Crippen molar-refractivity contribution >= 4 is 33.4 Å². The van der Waals surface area contributed by atoms with Crippen LogP contribution in [-0.2, 0) is 51.0 Å². The summed E-state index contributed by atoms with van der Waals surface area (Å²) in [6.45, 7) is 1.91. The van der Waals surface area contributed by atoms with Gasteiger partial charge in [0.25, 0.3) is 0 Å². The molecule has 0 spiro atoms. The molecular formula is C52H81N3O16P2. The van der Waals surface area contributed by atoms with Gasteiger partial charge in [0, 0.05) is 19.0 Å². The highest BCUT2D eigenvalue weighted by molar-refractivity contribution is 7.61. The Morgan fingerprint density at radius 1 is 0.685 bits per heavy atom. The van der Waals surface area contributed by atoms with E-state index in [4.69, 9.17) is 33.7 Å². The van der Waals surface area contributed by atoms with E-state index >= 15 is 0 Å². The van der Waals surface area contributed by atoms with Gasteiger partial charge in [-0.2, -0.15) is 9.29 Å². The zero-order chi connectivity index (χ0) is 53.2. The van der Waals surface area contributed by atoms with Crippen molar-refractivity contribution in [3.63, 3.8) is 0 Å². The Balaban J connectivity index is 1.43. The number of rotatable bonds is 40. The number of hydrogen-bond acceptors (Lipinski definition) is 16. The molecule has 0 radical (unpaired) electrons. The van der Waals surface area contributed by atoms with Gasteiger partial charge in [-0.25, -0.2) is 13.9 Å². The van der Waals surface area contributed by atoms with Gasteiger partial charge in [0.2, 0.25) is 0 Å². The number of anilines is 1. The topological polar surface area (TPSA) is 278 Å². The van der Waals surface area contributed by atoms with Gasteiger partial charge in [0.05, 0.1) is 25.4 Å². The van der Waals surface area contributed by atoms with Crippen LogP contribution in [-0.4, -0.2) is 97.9 Å². The molecule has 6 N–H and O–H groups in total. The Morgan fingerprint density at radius 2 is 1.23 bits per heavy atom. The molecule has 2 fully saturated rings. The second kappa shape index (κ2) is 36.8. The van der Waals surface area contributed by atoms with E-state index in [0.717, 1.165) is 87.8 Å².